The van der Waals surface area contributed by atoms with Gasteiger partial charge in [-0.15, -0.1) is 11.3 Å². The molecule has 4 aromatic rings. The molecule has 0 radical (unpaired) electrons. The predicted molar refractivity (Wildman–Crippen MR) is 97.8 cm³/mol. The maximum absolute atomic E-state index is 4.48. The molecule has 0 spiro atoms. The van der Waals surface area contributed by atoms with Crippen LogP contribution < -0.4 is 4.90 Å². The van der Waals surface area contributed by atoms with E-state index in [2.05, 4.69) is 46.2 Å². The van der Waals surface area contributed by atoms with Gasteiger partial charge < -0.3 is 4.90 Å². The van der Waals surface area contributed by atoms with E-state index >= 15 is 0 Å². The van der Waals surface area contributed by atoms with E-state index in [0.717, 1.165) is 33.8 Å². The van der Waals surface area contributed by atoms with Crippen molar-refractivity contribution in [2.75, 3.05) is 11.9 Å². The smallest absolute Gasteiger partial charge is 0.140 e. The molecule has 0 N–H and O–H groups in total. The Hall–Kier alpha value is -2.73. The third-order valence-electron chi connectivity index (χ3n) is 3.87. The van der Waals surface area contributed by atoms with Gasteiger partial charge >= 0.3 is 0 Å². The van der Waals surface area contributed by atoms with Gasteiger partial charge in [-0.25, -0.2) is 14.6 Å². The number of hydrogen-bond acceptors (Lipinski definition) is 5. The minimum atomic E-state index is 0.744. The van der Waals surface area contributed by atoms with E-state index in [1.165, 1.54) is 4.88 Å². The van der Waals surface area contributed by atoms with Crippen molar-refractivity contribution in [2.45, 2.75) is 13.5 Å². The molecule has 1 aromatic carbocycles. The van der Waals surface area contributed by atoms with Crippen LogP contribution in [-0.2, 0) is 6.54 Å². The van der Waals surface area contributed by atoms with Crippen molar-refractivity contribution in [3.63, 3.8) is 0 Å². The monoisotopic (exact) mass is 335 g/mol. The Morgan fingerprint density at radius 3 is 2.83 bits per heavy atom. The van der Waals surface area contributed by atoms with Gasteiger partial charge in [0, 0.05) is 30.2 Å². The number of nitrogens with zero attached hydrogens (tertiary/aromatic N) is 5. The maximum atomic E-state index is 4.48. The van der Waals surface area contributed by atoms with Crippen LogP contribution in [0.3, 0.4) is 0 Å². The molecule has 0 aliphatic rings. The van der Waals surface area contributed by atoms with Crippen LogP contribution in [0.25, 0.3) is 15.9 Å². The van der Waals surface area contributed by atoms with Crippen molar-refractivity contribution in [3.05, 3.63) is 65.6 Å². The molecule has 0 bridgehead atoms. The van der Waals surface area contributed by atoms with E-state index in [9.17, 15) is 0 Å². The molecule has 24 heavy (non-hydrogen) atoms. The normalized spacial score (nSPS) is 11.1. The SMILES string of the molecule is Cc1cc2c(N(C)Cc3cnn(-c4ccccc4)c3)ncnc2s1. The van der Waals surface area contributed by atoms with Gasteiger partial charge in [0.15, 0.2) is 0 Å². The molecule has 0 amide bonds. The molecule has 5 nitrogen and oxygen atoms in total. The van der Waals surface area contributed by atoms with E-state index in [1.807, 2.05) is 41.2 Å². The molecule has 4 rings (SSSR count). The highest BCUT2D eigenvalue weighted by Gasteiger charge is 2.12. The summed E-state index contributed by atoms with van der Waals surface area (Å²) >= 11 is 1.70. The first kappa shape index (κ1) is 14.8. The summed E-state index contributed by atoms with van der Waals surface area (Å²) in [6, 6.07) is 12.3. The van der Waals surface area contributed by atoms with Crippen LogP contribution in [-0.4, -0.2) is 26.8 Å². The molecule has 0 saturated carbocycles. The molecule has 0 unspecified atom stereocenters. The summed E-state index contributed by atoms with van der Waals surface area (Å²) in [4.78, 5) is 13.3. The molecule has 0 saturated heterocycles. The Labute approximate surface area is 144 Å². The van der Waals surface area contributed by atoms with Gasteiger partial charge in [-0.05, 0) is 25.1 Å². The van der Waals surface area contributed by atoms with Crippen molar-refractivity contribution in [1.29, 1.82) is 0 Å². The Bertz CT molecular complexity index is 973. The summed E-state index contributed by atoms with van der Waals surface area (Å²) in [6.07, 6.45) is 5.60. The Balaban J connectivity index is 1.60. The van der Waals surface area contributed by atoms with Gasteiger partial charge in [0.05, 0.1) is 17.3 Å². The van der Waals surface area contributed by atoms with Crippen molar-refractivity contribution in [3.8, 4) is 5.69 Å². The Kier molecular flexibility index (Phi) is 3.74. The first-order chi connectivity index (χ1) is 11.7. The second-order valence-electron chi connectivity index (χ2n) is 5.76. The number of aryl methyl sites for hydroxylation is 1. The van der Waals surface area contributed by atoms with Gasteiger partial charge in [-0.3, -0.25) is 0 Å². The van der Waals surface area contributed by atoms with E-state index in [0.29, 0.717) is 0 Å². The summed E-state index contributed by atoms with van der Waals surface area (Å²) < 4.78 is 1.90. The highest BCUT2D eigenvalue weighted by molar-refractivity contribution is 7.18. The van der Waals surface area contributed by atoms with E-state index in [1.54, 1.807) is 17.7 Å². The lowest BCUT2D eigenvalue weighted by atomic mass is 10.3. The van der Waals surface area contributed by atoms with Crippen molar-refractivity contribution in [2.24, 2.45) is 0 Å². The fourth-order valence-electron chi connectivity index (χ4n) is 2.78. The molecule has 0 atom stereocenters. The topological polar surface area (TPSA) is 46.8 Å². The maximum Gasteiger partial charge on any atom is 0.140 e. The second kappa shape index (κ2) is 6.05. The molecule has 3 heterocycles. The first-order valence-corrected chi connectivity index (χ1v) is 8.53. The minimum Gasteiger partial charge on any atom is -0.355 e. The molecule has 0 fully saturated rings. The summed E-state index contributed by atoms with van der Waals surface area (Å²) in [5.41, 5.74) is 2.20. The van der Waals surface area contributed by atoms with Crippen LogP contribution in [0.2, 0.25) is 0 Å². The molecular formula is C18H17N5S. The molecule has 0 aliphatic heterocycles. The van der Waals surface area contributed by atoms with Gasteiger partial charge in [0.2, 0.25) is 0 Å². The van der Waals surface area contributed by atoms with Crippen LogP contribution >= 0.6 is 11.3 Å². The van der Waals surface area contributed by atoms with E-state index in [-0.39, 0.29) is 0 Å². The molecule has 6 heteroatoms. The fourth-order valence-corrected chi connectivity index (χ4v) is 3.62. The van der Waals surface area contributed by atoms with Crippen LogP contribution in [0.5, 0.6) is 0 Å². The quantitative estimate of drug-likeness (QED) is 0.569. The van der Waals surface area contributed by atoms with E-state index in [4.69, 9.17) is 0 Å². The fraction of sp³-hybridized carbons (Fsp3) is 0.167. The Morgan fingerprint density at radius 1 is 1.17 bits per heavy atom. The predicted octanol–water partition coefficient (Wildman–Crippen LogP) is 3.82. The molecular weight excluding hydrogens is 318 g/mol. The third-order valence-corrected chi connectivity index (χ3v) is 4.83. The standard InChI is InChI=1S/C18H17N5S/c1-13-8-16-17(19-12-20-18(16)24-13)22(2)10-14-9-21-23(11-14)15-6-4-3-5-7-15/h3-9,11-12H,10H2,1-2H3. The largest absolute Gasteiger partial charge is 0.355 e. The number of rotatable bonds is 4. The number of para-hydroxylation sites is 1. The highest BCUT2D eigenvalue weighted by Crippen LogP contribution is 2.29. The van der Waals surface area contributed by atoms with Gasteiger partial charge in [0.25, 0.3) is 0 Å². The second-order valence-corrected chi connectivity index (χ2v) is 6.99. The zero-order valence-corrected chi connectivity index (χ0v) is 14.4. The van der Waals surface area contributed by atoms with Crippen molar-refractivity contribution < 1.29 is 0 Å². The third kappa shape index (κ3) is 2.76. The summed E-state index contributed by atoms with van der Waals surface area (Å²) in [6.45, 7) is 2.84. The van der Waals surface area contributed by atoms with Crippen LogP contribution in [0.4, 0.5) is 5.82 Å². The number of fused-ring (bicyclic) bond motifs is 1. The summed E-state index contributed by atoms with van der Waals surface area (Å²) in [5, 5.41) is 5.57. The van der Waals surface area contributed by atoms with Crippen LogP contribution in [0.1, 0.15) is 10.4 Å². The average Bonchev–Trinajstić information content (AvgIpc) is 3.20. The van der Waals surface area contributed by atoms with Gasteiger partial charge in [-0.2, -0.15) is 5.10 Å². The summed E-state index contributed by atoms with van der Waals surface area (Å²) in [7, 11) is 2.05. The number of hydrogen-bond donors (Lipinski definition) is 0. The first-order valence-electron chi connectivity index (χ1n) is 7.72. The number of aromatic nitrogens is 4. The highest BCUT2D eigenvalue weighted by atomic mass is 32.1. The molecule has 0 aliphatic carbocycles. The number of thiophene rings is 1. The van der Waals surface area contributed by atoms with Crippen molar-refractivity contribution in [1.82, 2.24) is 19.7 Å². The van der Waals surface area contributed by atoms with Crippen molar-refractivity contribution >= 4 is 27.4 Å². The van der Waals surface area contributed by atoms with Gasteiger partial charge in [-0.1, -0.05) is 18.2 Å². The minimum absolute atomic E-state index is 0.744. The molecule has 3 aromatic heterocycles. The lowest BCUT2D eigenvalue weighted by molar-refractivity contribution is 0.875. The zero-order chi connectivity index (χ0) is 16.5. The lowest BCUT2D eigenvalue weighted by Gasteiger charge is -2.17. The molecule has 120 valence electrons. The zero-order valence-electron chi connectivity index (χ0n) is 13.5. The lowest BCUT2D eigenvalue weighted by Crippen LogP contribution is -2.17. The van der Waals surface area contributed by atoms with Crippen LogP contribution in [0.15, 0.2) is 55.1 Å². The Morgan fingerprint density at radius 2 is 2.00 bits per heavy atom. The van der Waals surface area contributed by atoms with Gasteiger partial charge in [0.1, 0.15) is 17.0 Å². The van der Waals surface area contributed by atoms with E-state index < -0.39 is 0 Å². The number of benzene rings is 1. The number of anilines is 1. The van der Waals surface area contributed by atoms with Crippen LogP contribution in [0, 0.1) is 6.92 Å². The average molecular weight is 335 g/mol. The summed E-state index contributed by atoms with van der Waals surface area (Å²) in [5.74, 6) is 0.955.